The predicted octanol–water partition coefficient (Wildman–Crippen LogP) is 1.59. The molecule has 1 aromatic rings. The number of piperidine rings is 1. The Morgan fingerprint density at radius 2 is 2.00 bits per heavy atom. The number of aliphatic imine (C=N–C) groups is 1. The van der Waals surface area contributed by atoms with Crippen molar-refractivity contribution >= 4 is 5.96 Å². The molecule has 0 bridgehead atoms. The Labute approximate surface area is 174 Å². The molecule has 1 fully saturated rings. The first kappa shape index (κ1) is 21.9. The summed E-state index contributed by atoms with van der Waals surface area (Å²) in [5.74, 6) is 1.82. The fourth-order valence-electron chi connectivity index (χ4n) is 4.33. The summed E-state index contributed by atoms with van der Waals surface area (Å²) in [7, 11) is 0. The molecule has 3 rings (SSSR count). The molecule has 0 aliphatic carbocycles. The molecule has 1 saturated heterocycles. The lowest BCUT2D eigenvalue weighted by atomic mass is 10.0. The van der Waals surface area contributed by atoms with Crippen LogP contribution < -0.4 is 16.3 Å². The minimum Gasteiger partial charge on any atom is -0.357 e. The maximum absolute atomic E-state index is 12.4. The molecule has 1 atom stereocenters. The van der Waals surface area contributed by atoms with E-state index in [-0.39, 0.29) is 5.69 Å². The first-order valence-electron chi connectivity index (χ1n) is 11.6. The molecule has 1 aromatic heterocycles. The van der Waals surface area contributed by atoms with Crippen LogP contribution in [0.15, 0.2) is 9.79 Å². The maximum atomic E-state index is 12.4. The zero-order valence-corrected chi connectivity index (χ0v) is 18.3. The fraction of sp³-hybridized carbons (Fsp3) is 0.857. The minimum atomic E-state index is 0.0423. The standard InChI is InChI=1S/C21H39N7O/c1-3-22-20(23-12-8-15-26-14-6-4-10-18(26)2)24-13-9-17-28-21(29)27-16-7-5-11-19(27)25-28/h18H,3-17H2,1-2H3,(H2,22,23,24). The molecule has 1 unspecified atom stereocenters. The van der Waals surface area contributed by atoms with Crippen molar-refractivity contribution in [2.45, 2.75) is 84.3 Å². The highest BCUT2D eigenvalue weighted by molar-refractivity contribution is 5.79. The van der Waals surface area contributed by atoms with Crippen LogP contribution in [0, 0.1) is 0 Å². The summed E-state index contributed by atoms with van der Waals surface area (Å²) in [6.07, 6.45) is 9.13. The Morgan fingerprint density at radius 3 is 2.79 bits per heavy atom. The molecule has 0 amide bonds. The van der Waals surface area contributed by atoms with Gasteiger partial charge < -0.3 is 15.5 Å². The number of aryl methyl sites for hydroxylation is 2. The van der Waals surface area contributed by atoms with E-state index in [1.54, 1.807) is 4.68 Å². The molecular weight excluding hydrogens is 366 g/mol. The number of aromatic nitrogens is 3. The van der Waals surface area contributed by atoms with Crippen molar-refractivity contribution in [3.05, 3.63) is 16.3 Å². The van der Waals surface area contributed by atoms with Crippen molar-refractivity contribution in [2.24, 2.45) is 4.99 Å². The van der Waals surface area contributed by atoms with E-state index in [9.17, 15) is 4.79 Å². The molecule has 2 aliphatic heterocycles. The van der Waals surface area contributed by atoms with Crippen LogP contribution in [0.25, 0.3) is 0 Å². The summed E-state index contributed by atoms with van der Waals surface area (Å²) in [6.45, 7) is 10.7. The number of hydrogen-bond donors (Lipinski definition) is 2. The second-order valence-corrected chi connectivity index (χ2v) is 8.31. The van der Waals surface area contributed by atoms with E-state index in [4.69, 9.17) is 0 Å². The number of nitrogens with zero attached hydrogens (tertiary/aromatic N) is 5. The number of guanidine groups is 1. The van der Waals surface area contributed by atoms with Gasteiger partial charge in [-0.3, -0.25) is 9.56 Å². The summed E-state index contributed by atoms with van der Waals surface area (Å²) < 4.78 is 3.46. The molecular formula is C21H39N7O. The van der Waals surface area contributed by atoms with Crippen LogP contribution in [0.1, 0.15) is 64.6 Å². The van der Waals surface area contributed by atoms with E-state index >= 15 is 0 Å². The highest BCUT2D eigenvalue weighted by Gasteiger charge is 2.17. The van der Waals surface area contributed by atoms with E-state index in [0.717, 1.165) is 76.1 Å². The van der Waals surface area contributed by atoms with E-state index in [1.807, 2.05) is 4.57 Å². The number of hydrogen-bond acceptors (Lipinski definition) is 4. The molecule has 8 nitrogen and oxygen atoms in total. The van der Waals surface area contributed by atoms with Gasteiger partial charge in [0, 0.05) is 51.7 Å². The highest BCUT2D eigenvalue weighted by atomic mass is 16.2. The van der Waals surface area contributed by atoms with Gasteiger partial charge in [0.05, 0.1) is 0 Å². The molecule has 2 N–H and O–H groups in total. The van der Waals surface area contributed by atoms with Crippen LogP contribution in [0.5, 0.6) is 0 Å². The predicted molar refractivity (Wildman–Crippen MR) is 118 cm³/mol. The first-order valence-corrected chi connectivity index (χ1v) is 11.6. The number of fused-ring (bicyclic) bond motifs is 1. The first-order chi connectivity index (χ1) is 14.2. The van der Waals surface area contributed by atoms with E-state index in [1.165, 1.54) is 25.8 Å². The number of likely N-dealkylation sites (tertiary alicyclic amines) is 1. The van der Waals surface area contributed by atoms with Gasteiger partial charge in [0.1, 0.15) is 5.82 Å². The quantitative estimate of drug-likeness (QED) is 0.371. The SMILES string of the molecule is CCNC(=NCCCn1nc2n(c1=O)CCCC2)NCCCN1CCCCC1C. The minimum absolute atomic E-state index is 0.0423. The van der Waals surface area contributed by atoms with Gasteiger partial charge in [-0.25, -0.2) is 9.48 Å². The van der Waals surface area contributed by atoms with E-state index in [2.05, 4.69) is 39.5 Å². The van der Waals surface area contributed by atoms with Crippen molar-refractivity contribution < 1.29 is 0 Å². The molecule has 0 radical (unpaired) electrons. The third-order valence-electron chi connectivity index (χ3n) is 6.03. The zero-order chi connectivity index (χ0) is 20.5. The van der Waals surface area contributed by atoms with Gasteiger partial charge in [0.25, 0.3) is 0 Å². The number of rotatable bonds is 9. The second-order valence-electron chi connectivity index (χ2n) is 8.31. The average Bonchev–Trinajstić information content (AvgIpc) is 3.05. The largest absolute Gasteiger partial charge is 0.357 e. The lowest BCUT2D eigenvalue weighted by Crippen LogP contribution is -2.41. The Hall–Kier alpha value is -1.83. The molecule has 0 saturated carbocycles. The summed E-state index contributed by atoms with van der Waals surface area (Å²) in [6, 6.07) is 0.725. The van der Waals surface area contributed by atoms with Crippen LogP contribution in [-0.2, 0) is 19.5 Å². The van der Waals surface area contributed by atoms with Crippen LogP contribution in [-0.4, -0.2) is 64.0 Å². The Balaban J connectivity index is 1.38. The second kappa shape index (κ2) is 11.4. The topological polar surface area (TPSA) is 79.5 Å². The lowest BCUT2D eigenvalue weighted by Gasteiger charge is -2.33. The van der Waals surface area contributed by atoms with Crippen molar-refractivity contribution in [3.63, 3.8) is 0 Å². The molecule has 0 aromatic carbocycles. The van der Waals surface area contributed by atoms with Crippen LogP contribution >= 0.6 is 0 Å². The van der Waals surface area contributed by atoms with Crippen LogP contribution in [0.4, 0.5) is 0 Å². The molecule has 2 aliphatic rings. The van der Waals surface area contributed by atoms with Gasteiger partial charge >= 0.3 is 5.69 Å². The van der Waals surface area contributed by atoms with Crippen LogP contribution in [0.3, 0.4) is 0 Å². The van der Waals surface area contributed by atoms with Crippen molar-refractivity contribution in [2.75, 3.05) is 32.7 Å². The summed E-state index contributed by atoms with van der Waals surface area (Å²) >= 11 is 0. The summed E-state index contributed by atoms with van der Waals surface area (Å²) in [5, 5.41) is 11.3. The summed E-state index contributed by atoms with van der Waals surface area (Å²) in [5.41, 5.74) is 0.0423. The maximum Gasteiger partial charge on any atom is 0.345 e. The van der Waals surface area contributed by atoms with Gasteiger partial charge in [-0.2, -0.15) is 5.10 Å². The van der Waals surface area contributed by atoms with Gasteiger partial charge in [0.15, 0.2) is 5.96 Å². The zero-order valence-electron chi connectivity index (χ0n) is 18.3. The Bertz CT molecular complexity index is 708. The number of nitrogens with one attached hydrogen (secondary N) is 2. The van der Waals surface area contributed by atoms with Crippen molar-refractivity contribution in [3.8, 4) is 0 Å². The summed E-state index contributed by atoms with van der Waals surface area (Å²) in [4.78, 5) is 19.6. The van der Waals surface area contributed by atoms with Gasteiger partial charge in [-0.1, -0.05) is 6.42 Å². The van der Waals surface area contributed by atoms with Gasteiger partial charge in [0.2, 0.25) is 0 Å². The smallest absolute Gasteiger partial charge is 0.345 e. The fourth-order valence-corrected chi connectivity index (χ4v) is 4.33. The van der Waals surface area contributed by atoms with Gasteiger partial charge in [-0.15, -0.1) is 0 Å². The lowest BCUT2D eigenvalue weighted by molar-refractivity contribution is 0.159. The van der Waals surface area contributed by atoms with E-state index < -0.39 is 0 Å². The Morgan fingerprint density at radius 1 is 1.14 bits per heavy atom. The third-order valence-corrected chi connectivity index (χ3v) is 6.03. The monoisotopic (exact) mass is 405 g/mol. The molecule has 29 heavy (non-hydrogen) atoms. The molecule has 3 heterocycles. The van der Waals surface area contributed by atoms with Crippen LogP contribution in [0.2, 0.25) is 0 Å². The van der Waals surface area contributed by atoms with Crippen molar-refractivity contribution in [1.82, 2.24) is 29.9 Å². The average molecular weight is 406 g/mol. The molecule has 8 heteroatoms. The molecule has 164 valence electrons. The highest BCUT2D eigenvalue weighted by Crippen LogP contribution is 2.16. The normalized spacial score (nSPS) is 20.5. The van der Waals surface area contributed by atoms with Crippen molar-refractivity contribution in [1.29, 1.82) is 0 Å². The van der Waals surface area contributed by atoms with Gasteiger partial charge in [-0.05, 0) is 58.9 Å². The Kier molecular flexibility index (Phi) is 8.58. The van der Waals surface area contributed by atoms with E-state index in [0.29, 0.717) is 13.1 Å². The third kappa shape index (κ3) is 6.32. The molecule has 0 spiro atoms.